The molecule has 1 aliphatic rings. The Kier molecular flexibility index (Phi) is 5.13. The van der Waals surface area contributed by atoms with E-state index in [-0.39, 0.29) is 0 Å². The number of sulfonamides is 1. The molecule has 1 aromatic heterocycles. The number of fused-ring (bicyclic) bond motifs is 1. The van der Waals surface area contributed by atoms with Gasteiger partial charge in [0.2, 0.25) is 10.0 Å². The fourth-order valence-electron chi connectivity index (χ4n) is 3.88. The zero-order valence-electron chi connectivity index (χ0n) is 16.9. The number of rotatable bonds is 4. The molecule has 31 heavy (non-hydrogen) atoms. The molecule has 0 saturated carbocycles. The van der Waals surface area contributed by atoms with Gasteiger partial charge >= 0.3 is 0 Å². The largest absolute Gasteiger partial charge is 0.352 e. The Morgan fingerprint density at radius 1 is 0.645 bits per heavy atom. The standard InChI is InChI=1S/C24H22N4O2S/c29-31(30,20-11-5-2-6-12-20)28-17-15-27(16-18-28)24-23(19-9-3-1-4-10-19)25-21-13-7-8-14-22(21)26-24/h1-14H,15-18H2. The Labute approximate surface area is 181 Å². The Morgan fingerprint density at radius 3 is 1.84 bits per heavy atom. The van der Waals surface area contributed by atoms with E-state index in [1.807, 2.05) is 60.7 Å². The van der Waals surface area contributed by atoms with Crippen LogP contribution in [0.3, 0.4) is 0 Å². The van der Waals surface area contributed by atoms with Gasteiger partial charge in [0.25, 0.3) is 0 Å². The molecular formula is C24H22N4O2S. The quantitative estimate of drug-likeness (QED) is 0.493. The zero-order chi connectivity index (χ0) is 21.3. The smallest absolute Gasteiger partial charge is 0.243 e. The molecular weight excluding hydrogens is 408 g/mol. The van der Waals surface area contributed by atoms with Gasteiger partial charge in [-0.1, -0.05) is 60.7 Å². The van der Waals surface area contributed by atoms with Gasteiger partial charge in [-0.3, -0.25) is 0 Å². The molecule has 0 atom stereocenters. The van der Waals surface area contributed by atoms with Crippen molar-refractivity contribution in [3.05, 3.63) is 84.9 Å². The number of anilines is 1. The molecule has 156 valence electrons. The van der Waals surface area contributed by atoms with Crippen molar-refractivity contribution in [1.82, 2.24) is 14.3 Å². The Bertz CT molecular complexity index is 1300. The minimum absolute atomic E-state index is 0.332. The molecule has 5 rings (SSSR count). The van der Waals surface area contributed by atoms with Gasteiger partial charge in [0, 0.05) is 31.7 Å². The minimum Gasteiger partial charge on any atom is -0.352 e. The van der Waals surface area contributed by atoms with E-state index in [0.29, 0.717) is 31.1 Å². The van der Waals surface area contributed by atoms with E-state index in [2.05, 4.69) is 4.90 Å². The van der Waals surface area contributed by atoms with E-state index in [9.17, 15) is 8.42 Å². The summed E-state index contributed by atoms with van der Waals surface area (Å²) in [4.78, 5) is 12.3. The molecule has 0 radical (unpaired) electrons. The van der Waals surface area contributed by atoms with Crippen molar-refractivity contribution in [2.75, 3.05) is 31.1 Å². The lowest BCUT2D eigenvalue weighted by molar-refractivity contribution is 0.384. The number of benzene rings is 3. The lowest BCUT2D eigenvalue weighted by Gasteiger charge is -2.35. The summed E-state index contributed by atoms with van der Waals surface area (Å²) in [5, 5.41) is 0. The minimum atomic E-state index is -3.49. The molecule has 6 nitrogen and oxygen atoms in total. The predicted octanol–water partition coefficient (Wildman–Crippen LogP) is 3.81. The molecule has 0 spiro atoms. The van der Waals surface area contributed by atoms with E-state index in [1.54, 1.807) is 28.6 Å². The summed E-state index contributed by atoms with van der Waals surface area (Å²) in [7, 11) is -3.49. The van der Waals surface area contributed by atoms with Crippen LogP contribution in [0.4, 0.5) is 5.82 Å². The predicted molar refractivity (Wildman–Crippen MR) is 122 cm³/mol. The Balaban J connectivity index is 1.47. The third-order valence-electron chi connectivity index (χ3n) is 5.52. The van der Waals surface area contributed by atoms with Crippen molar-refractivity contribution in [1.29, 1.82) is 0 Å². The van der Waals surface area contributed by atoms with Crippen LogP contribution in [0, 0.1) is 0 Å². The van der Waals surface area contributed by atoms with Crippen molar-refractivity contribution in [2.24, 2.45) is 0 Å². The van der Waals surface area contributed by atoms with E-state index in [1.165, 1.54) is 0 Å². The monoisotopic (exact) mass is 430 g/mol. The molecule has 0 amide bonds. The van der Waals surface area contributed by atoms with Crippen LogP contribution in [0.25, 0.3) is 22.3 Å². The van der Waals surface area contributed by atoms with Crippen LogP contribution < -0.4 is 4.90 Å². The van der Waals surface area contributed by atoms with Gasteiger partial charge in [0.05, 0.1) is 15.9 Å². The fourth-order valence-corrected chi connectivity index (χ4v) is 5.33. The molecule has 3 aromatic carbocycles. The third kappa shape index (κ3) is 3.78. The van der Waals surface area contributed by atoms with Crippen molar-refractivity contribution in [3.63, 3.8) is 0 Å². The highest BCUT2D eigenvalue weighted by atomic mass is 32.2. The number of piperazine rings is 1. The van der Waals surface area contributed by atoms with Crippen LogP contribution in [0.2, 0.25) is 0 Å². The second-order valence-corrected chi connectivity index (χ2v) is 9.39. The molecule has 1 aliphatic heterocycles. The first-order valence-corrected chi connectivity index (χ1v) is 11.7. The van der Waals surface area contributed by atoms with Gasteiger partial charge in [-0.2, -0.15) is 4.31 Å². The SMILES string of the molecule is O=S(=O)(c1ccccc1)N1CCN(c2nc3ccccc3nc2-c2ccccc2)CC1. The summed E-state index contributed by atoms with van der Waals surface area (Å²) >= 11 is 0. The molecule has 1 saturated heterocycles. The summed E-state index contributed by atoms with van der Waals surface area (Å²) < 4.78 is 27.5. The molecule has 1 fully saturated rings. The van der Waals surface area contributed by atoms with Crippen molar-refractivity contribution in [3.8, 4) is 11.3 Å². The summed E-state index contributed by atoms with van der Waals surface area (Å²) in [6.07, 6.45) is 0. The molecule has 4 aromatic rings. The average Bonchev–Trinajstić information content (AvgIpc) is 2.84. The molecule has 0 N–H and O–H groups in total. The number of aromatic nitrogens is 2. The normalized spacial score (nSPS) is 15.3. The summed E-state index contributed by atoms with van der Waals surface area (Å²) in [5.74, 6) is 0.793. The van der Waals surface area contributed by atoms with Gasteiger partial charge in [0.1, 0.15) is 5.69 Å². The van der Waals surface area contributed by atoms with Gasteiger partial charge in [-0.25, -0.2) is 18.4 Å². The van der Waals surface area contributed by atoms with Crippen LogP contribution in [-0.2, 0) is 10.0 Å². The highest BCUT2D eigenvalue weighted by Gasteiger charge is 2.30. The summed E-state index contributed by atoms with van der Waals surface area (Å²) in [5.41, 5.74) is 3.49. The lowest BCUT2D eigenvalue weighted by atomic mass is 10.1. The molecule has 2 heterocycles. The van der Waals surface area contributed by atoms with Crippen molar-refractivity contribution < 1.29 is 8.42 Å². The lowest BCUT2D eigenvalue weighted by Crippen LogP contribution is -2.49. The van der Waals surface area contributed by atoms with Gasteiger partial charge < -0.3 is 4.90 Å². The highest BCUT2D eigenvalue weighted by Crippen LogP contribution is 2.31. The third-order valence-corrected chi connectivity index (χ3v) is 7.43. The molecule has 0 unspecified atom stereocenters. The first kappa shape index (κ1) is 19.7. The number of hydrogen-bond donors (Lipinski definition) is 0. The van der Waals surface area contributed by atoms with Crippen LogP contribution >= 0.6 is 0 Å². The van der Waals surface area contributed by atoms with Crippen LogP contribution in [-0.4, -0.2) is 48.9 Å². The number of para-hydroxylation sites is 2. The van der Waals surface area contributed by atoms with E-state index in [0.717, 1.165) is 28.1 Å². The fraction of sp³-hybridized carbons (Fsp3) is 0.167. The van der Waals surface area contributed by atoms with Crippen LogP contribution in [0.15, 0.2) is 89.8 Å². The van der Waals surface area contributed by atoms with E-state index in [4.69, 9.17) is 9.97 Å². The number of hydrogen-bond acceptors (Lipinski definition) is 5. The Morgan fingerprint density at radius 2 is 1.19 bits per heavy atom. The molecule has 0 aliphatic carbocycles. The topological polar surface area (TPSA) is 66.4 Å². The maximum Gasteiger partial charge on any atom is 0.243 e. The summed E-state index contributed by atoms with van der Waals surface area (Å²) in [6, 6.07) is 26.4. The zero-order valence-corrected chi connectivity index (χ0v) is 17.7. The van der Waals surface area contributed by atoms with Crippen LogP contribution in [0.1, 0.15) is 0 Å². The van der Waals surface area contributed by atoms with Crippen molar-refractivity contribution in [2.45, 2.75) is 4.90 Å². The average molecular weight is 431 g/mol. The first-order chi connectivity index (χ1) is 15.1. The number of nitrogens with zero attached hydrogens (tertiary/aromatic N) is 4. The maximum atomic E-state index is 13.0. The van der Waals surface area contributed by atoms with Crippen LogP contribution in [0.5, 0.6) is 0 Å². The molecule has 0 bridgehead atoms. The van der Waals surface area contributed by atoms with Gasteiger partial charge in [-0.15, -0.1) is 0 Å². The second kappa shape index (κ2) is 8.09. The van der Waals surface area contributed by atoms with Gasteiger partial charge in [-0.05, 0) is 24.3 Å². The first-order valence-electron chi connectivity index (χ1n) is 10.3. The van der Waals surface area contributed by atoms with Gasteiger partial charge in [0.15, 0.2) is 5.82 Å². The molecule has 7 heteroatoms. The highest BCUT2D eigenvalue weighted by molar-refractivity contribution is 7.89. The van der Waals surface area contributed by atoms with E-state index >= 15 is 0 Å². The Hall–Kier alpha value is -3.29. The van der Waals surface area contributed by atoms with Crippen molar-refractivity contribution >= 4 is 26.9 Å². The van der Waals surface area contributed by atoms with E-state index < -0.39 is 10.0 Å². The summed E-state index contributed by atoms with van der Waals surface area (Å²) in [6.45, 7) is 1.91. The maximum absolute atomic E-state index is 13.0. The second-order valence-electron chi connectivity index (χ2n) is 7.45.